The Morgan fingerprint density at radius 2 is 2.16 bits per heavy atom. The fourth-order valence-corrected chi connectivity index (χ4v) is 2.36. The molecule has 1 heterocycles. The molecule has 0 saturated carbocycles. The molecule has 1 aromatic heterocycles. The Balaban J connectivity index is 2.06. The van der Waals surface area contributed by atoms with Gasteiger partial charge in [-0.3, -0.25) is 4.68 Å². The highest BCUT2D eigenvalue weighted by molar-refractivity contribution is 5.22. The van der Waals surface area contributed by atoms with E-state index in [1.807, 2.05) is 38.6 Å². The standard InChI is InChI=1S/C15H20FN3/c1-17-10-13(14-5-3-4-6-15(14)16)8-7-12-9-18-19(2)11-12/h3-6,9,11,13,17H,7-8,10H2,1-2H3. The van der Waals surface area contributed by atoms with E-state index in [1.165, 1.54) is 11.6 Å². The largest absolute Gasteiger partial charge is 0.319 e. The van der Waals surface area contributed by atoms with Crippen LogP contribution in [0.15, 0.2) is 36.7 Å². The van der Waals surface area contributed by atoms with E-state index >= 15 is 0 Å². The maximum atomic E-state index is 13.8. The monoisotopic (exact) mass is 261 g/mol. The summed E-state index contributed by atoms with van der Waals surface area (Å²) < 4.78 is 15.6. The minimum atomic E-state index is -0.117. The molecule has 2 rings (SSSR count). The van der Waals surface area contributed by atoms with Crippen molar-refractivity contribution >= 4 is 0 Å². The highest BCUT2D eigenvalue weighted by atomic mass is 19.1. The van der Waals surface area contributed by atoms with Crippen LogP contribution in [-0.2, 0) is 13.5 Å². The third kappa shape index (κ3) is 3.64. The van der Waals surface area contributed by atoms with Crippen LogP contribution in [0.1, 0.15) is 23.5 Å². The lowest BCUT2D eigenvalue weighted by molar-refractivity contribution is 0.535. The molecule has 0 spiro atoms. The highest BCUT2D eigenvalue weighted by Gasteiger charge is 2.15. The number of hydrogen-bond acceptors (Lipinski definition) is 2. The van der Waals surface area contributed by atoms with E-state index in [1.54, 1.807) is 10.7 Å². The molecule has 0 radical (unpaired) electrons. The molecule has 4 heteroatoms. The summed E-state index contributed by atoms with van der Waals surface area (Å²) in [5, 5.41) is 7.31. The van der Waals surface area contributed by atoms with Crippen LogP contribution in [0.2, 0.25) is 0 Å². The Labute approximate surface area is 113 Å². The van der Waals surface area contributed by atoms with Crippen molar-refractivity contribution in [2.75, 3.05) is 13.6 Å². The van der Waals surface area contributed by atoms with Crippen molar-refractivity contribution in [1.82, 2.24) is 15.1 Å². The van der Waals surface area contributed by atoms with Crippen molar-refractivity contribution < 1.29 is 4.39 Å². The van der Waals surface area contributed by atoms with E-state index in [4.69, 9.17) is 0 Å². The van der Waals surface area contributed by atoms with Gasteiger partial charge in [0.2, 0.25) is 0 Å². The van der Waals surface area contributed by atoms with Crippen molar-refractivity contribution in [1.29, 1.82) is 0 Å². The Morgan fingerprint density at radius 1 is 1.37 bits per heavy atom. The van der Waals surface area contributed by atoms with Crippen molar-refractivity contribution in [2.24, 2.45) is 7.05 Å². The van der Waals surface area contributed by atoms with Gasteiger partial charge in [0.25, 0.3) is 0 Å². The lowest BCUT2D eigenvalue weighted by Crippen LogP contribution is -2.18. The topological polar surface area (TPSA) is 29.9 Å². The van der Waals surface area contributed by atoms with Gasteiger partial charge in [0.1, 0.15) is 5.82 Å². The maximum absolute atomic E-state index is 13.8. The smallest absolute Gasteiger partial charge is 0.126 e. The molecule has 0 bridgehead atoms. The van der Waals surface area contributed by atoms with Crippen molar-refractivity contribution in [3.63, 3.8) is 0 Å². The van der Waals surface area contributed by atoms with Crippen LogP contribution < -0.4 is 5.32 Å². The summed E-state index contributed by atoms with van der Waals surface area (Å²) >= 11 is 0. The van der Waals surface area contributed by atoms with E-state index < -0.39 is 0 Å². The first-order chi connectivity index (χ1) is 9.20. The normalized spacial score (nSPS) is 12.6. The van der Waals surface area contributed by atoms with Crippen LogP contribution in [0.5, 0.6) is 0 Å². The first-order valence-electron chi connectivity index (χ1n) is 6.57. The van der Waals surface area contributed by atoms with Gasteiger partial charge in [-0.25, -0.2) is 4.39 Å². The molecule has 0 amide bonds. The van der Waals surface area contributed by atoms with Crippen molar-refractivity contribution in [3.05, 3.63) is 53.6 Å². The van der Waals surface area contributed by atoms with Crippen molar-refractivity contribution in [3.8, 4) is 0 Å². The molecule has 1 N–H and O–H groups in total. The molecule has 0 aliphatic rings. The molecule has 2 aromatic rings. The van der Waals surface area contributed by atoms with Crippen LogP contribution in [0.3, 0.4) is 0 Å². The molecular weight excluding hydrogens is 241 g/mol. The van der Waals surface area contributed by atoms with Gasteiger partial charge in [-0.15, -0.1) is 0 Å². The number of likely N-dealkylation sites (N-methyl/N-ethyl adjacent to an activating group) is 1. The van der Waals surface area contributed by atoms with Gasteiger partial charge in [-0.05, 0) is 43.0 Å². The number of halogens is 1. The summed E-state index contributed by atoms with van der Waals surface area (Å²) in [5.41, 5.74) is 1.99. The zero-order valence-corrected chi connectivity index (χ0v) is 11.4. The number of hydrogen-bond donors (Lipinski definition) is 1. The molecule has 0 aliphatic heterocycles. The molecule has 0 fully saturated rings. The first-order valence-corrected chi connectivity index (χ1v) is 6.57. The van der Waals surface area contributed by atoms with E-state index in [-0.39, 0.29) is 11.7 Å². The van der Waals surface area contributed by atoms with Crippen LogP contribution in [0.4, 0.5) is 4.39 Å². The number of nitrogens with zero attached hydrogens (tertiary/aromatic N) is 2. The quantitative estimate of drug-likeness (QED) is 0.866. The SMILES string of the molecule is CNCC(CCc1cnn(C)c1)c1ccccc1F. The minimum absolute atomic E-state index is 0.117. The fraction of sp³-hybridized carbons (Fsp3) is 0.400. The van der Waals surface area contributed by atoms with Gasteiger partial charge in [-0.1, -0.05) is 18.2 Å². The number of benzene rings is 1. The second-order valence-electron chi connectivity index (χ2n) is 4.84. The fourth-order valence-electron chi connectivity index (χ4n) is 2.36. The number of aromatic nitrogens is 2. The number of aryl methyl sites for hydroxylation is 2. The minimum Gasteiger partial charge on any atom is -0.319 e. The number of nitrogens with one attached hydrogen (secondary N) is 1. The van der Waals surface area contributed by atoms with E-state index in [2.05, 4.69) is 10.4 Å². The second-order valence-corrected chi connectivity index (χ2v) is 4.84. The van der Waals surface area contributed by atoms with Gasteiger partial charge in [0.05, 0.1) is 6.20 Å². The summed E-state index contributed by atoms with van der Waals surface area (Å²) in [4.78, 5) is 0. The second kappa shape index (κ2) is 6.48. The summed E-state index contributed by atoms with van der Waals surface area (Å²) in [6.07, 6.45) is 5.71. The van der Waals surface area contributed by atoms with Crippen LogP contribution in [-0.4, -0.2) is 23.4 Å². The molecule has 0 aliphatic carbocycles. The zero-order chi connectivity index (χ0) is 13.7. The average Bonchev–Trinajstić information content (AvgIpc) is 2.81. The molecule has 1 atom stereocenters. The Hall–Kier alpha value is -1.68. The summed E-state index contributed by atoms with van der Waals surface area (Å²) in [6.45, 7) is 0.779. The van der Waals surface area contributed by atoms with E-state index in [9.17, 15) is 4.39 Å². The summed E-state index contributed by atoms with van der Waals surface area (Å²) in [7, 11) is 3.81. The van der Waals surface area contributed by atoms with Gasteiger partial charge >= 0.3 is 0 Å². The van der Waals surface area contributed by atoms with Gasteiger partial charge in [0.15, 0.2) is 0 Å². The third-order valence-corrected chi connectivity index (χ3v) is 3.34. The third-order valence-electron chi connectivity index (χ3n) is 3.34. The van der Waals surface area contributed by atoms with Crippen LogP contribution in [0, 0.1) is 5.82 Å². The van der Waals surface area contributed by atoms with Gasteiger partial charge < -0.3 is 5.32 Å². The number of rotatable bonds is 6. The lowest BCUT2D eigenvalue weighted by Gasteiger charge is -2.17. The zero-order valence-electron chi connectivity index (χ0n) is 11.4. The molecule has 1 unspecified atom stereocenters. The first kappa shape index (κ1) is 13.7. The molecule has 102 valence electrons. The summed E-state index contributed by atoms with van der Waals surface area (Å²) in [5.74, 6) is 0.0698. The maximum Gasteiger partial charge on any atom is 0.126 e. The van der Waals surface area contributed by atoms with Crippen LogP contribution in [0.25, 0.3) is 0 Å². The Kier molecular flexibility index (Phi) is 4.68. The Bertz CT molecular complexity index is 522. The van der Waals surface area contributed by atoms with E-state index in [0.29, 0.717) is 0 Å². The van der Waals surface area contributed by atoms with Crippen LogP contribution >= 0.6 is 0 Å². The van der Waals surface area contributed by atoms with E-state index in [0.717, 1.165) is 24.9 Å². The molecule has 19 heavy (non-hydrogen) atoms. The molecule has 1 aromatic carbocycles. The molecule has 3 nitrogen and oxygen atoms in total. The predicted octanol–water partition coefficient (Wildman–Crippen LogP) is 2.50. The average molecular weight is 261 g/mol. The molecule has 0 saturated heterocycles. The van der Waals surface area contributed by atoms with Gasteiger partial charge in [0, 0.05) is 19.8 Å². The summed E-state index contributed by atoms with van der Waals surface area (Å²) in [6, 6.07) is 7.03. The Morgan fingerprint density at radius 3 is 2.79 bits per heavy atom. The highest BCUT2D eigenvalue weighted by Crippen LogP contribution is 2.23. The molecular formula is C15H20FN3. The lowest BCUT2D eigenvalue weighted by atomic mass is 9.92. The van der Waals surface area contributed by atoms with Crippen molar-refractivity contribution in [2.45, 2.75) is 18.8 Å². The van der Waals surface area contributed by atoms with Gasteiger partial charge in [-0.2, -0.15) is 5.10 Å². The predicted molar refractivity (Wildman–Crippen MR) is 74.6 cm³/mol.